The molecule has 5 heteroatoms. The maximum atomic E-state index is 12.4. The molecule has 5 nitrogen and oxygen atoms in total. The zero-order valence-corrected chi connectivity index (χ0v) is 15.9. The van der Waals surface area contributed by atoms with Gasteiger partial charge >= 0.3 is 5.97 Å². The van der Waals surface area contributed by atoms with Gasteiger partial charge in [-0.15, -0.1) is 0 Å². The average molecular weight is 372 g/mol. The second-order valence-corrected chi connectivity index (χ2v) is 8.98. The van der Waals surface area contributed by atoms with Gasteiger partial charge in [-0.3, -0.25) is 9.59 Å². The number of aliphatic hydroxyl groups is 1. The number of carbonyl (C=O) groups is 2. The van der Waals surface area contributed by atoms with Gasteiger partial charge in [-0.05, 0) is 74.8 Å². The lowest BCUT2D eigenvalue weighted by Crippen LogP contribution is -2.56. The van der Waals surface area contributed by atoms with Crippen molar-refractivity contribution >= 4 is 11.8 Å². The number of esters is 1. The Bertz CT molecular complexity index is 726. The third-order valence-corrected chi connectivity index (χ3v) is 6.54. The Labute approximate surface area is 160 Å². The topological polar surface area (TPSA) is 72.8 Å². The van der Waals surface area contributed by atoms with Gasteiger partial charge in [0.15, 0.2) is 5.78 Å². The first kappa shape index (κ1) is 18.5. The fourth-order valence-corrected chi connectivity index (χ4v) is 6.16. The van der Waals surface area contributed by atoms with E-state index >= 15 is 0 Å². The van der Waals surface area contributed by atoms with Crippen molar-refractivity contribution in [3.05, 3.63) is 29.8 Å². The summed E-state index contributed by atoms with van der Waals surface area (Å²) >= 11 is 0. The van der Waals surface area contributed by atoms with E-state index in [4.69, 9.17) is 9.47 Å². The van der Waals surface area contributed by atoms with Gasteiger partial charge < -0.3 is 14.6 Å². The standard InChI is InChI=1S/C22H28O5/c1-15(23)18-4-2-3-5-19(18)26-6-7-27-20(24)13-21-9-16-8-17(10-21)12-22(25,11-16)14-21/h2-5,16-17,25H,6-14H2,1H3/t16-,17-,21?,22?/m1/s1. The molecule has 5 rings (SSSR count). The minimum absolute atomic E-state index is 0.0534. The van der Waals surface area contributed by atoms with Gasteiger partial charge in [0.05, 0.1) is 17.6 Å². The number of para-hydroxylation sites is 1. The van der Waals surface area contributed by atoms with E-state index in [1.54, 1.807) is 18.2 Å². The fourth-order valence-electron chi connectivity index (χ4n) is 6.16. The van der Waals surface area contributed by atoms with Crippen molar-refractivity contribution in [2.24, 2.45) is 17.3 Å². The van der Waals surface area contributed by atoms with Gasteiger partial charge in [0.2, 0.25) is 0 Å². The molecule has 27 heavy (non-hydrogen) atoms. The summed E-state index contributed by atoms with van der Waals surface area (Å²) < 4.78 is 11.0. The SMILES string of the molecule is CC(=O)c1ccccc1OCCOC(=O)CC12C[C@H]3C[C@@H](CC(O)(C3)C1)C2. The largest absolute Gasteiger partial charge is 0.489 e. The van der Waals surface area contributed by atoms with E-state index < -0.39 is 5.60 Å². The number of hydrogen-bond acceptors (Lipinski definition) is 5. The van der Waals surface area contributed by atoms with Gasteiger partial charge in [-0.2, -0.15) is 0 Å². The number of ether oxygens (including phenoxy) is 2. The van der Waals surface area contributed by atoms with E-state index in [1.165, 1.54) is 13.3 Å². The lowest BCUT2D eigenvalue weighted by atomic mass is 9.47. The third-order valence-electron chi connectivity index (χ3n) is 6.54. The van der Waals surface area contributed by atoms with Crippen molar-refractivity contribution in [1.82, 2.24) is 0 Å². The normalized spacial score (nSPS) is 33.7. The highest BCUT2D eigenvalue weighted by Crippen LogP contribution is 2.62. The van der Waals surface area contributed by atoms with Gasteiger partial charge in [0.25, 0.3) is 0 Å². The van der Waals surface area contributed by atoms with Crippen LogP contribution in [0.4, 0.5) is 0 Å². The minimum Gasteiger partial charge on any atom is -0.489 e. The van der Waals surface area contributed by atoms with Gasteiger partial charge in [0.1, 0.15) is 19.0 Å². The summed E-state index contributed by atoms with van der Waals surface area (Å²) in [6.45, 7) is 1.89. The Morgan fingerprint density at radius 2 is 1.81 bits per heavy atom. The van der Waals surface area contributed by atoms with E-state index in [1.807, 2.05) is 6.07 Å². The molecule has 1 N–H and O–H groups in total. The van der Waals surface area contributed by atoms with Crippen molar-refractivity contribution in [2.75, 3.05) is 13.2 Å². The summed E-state index contributed by atoms with van der Waals surface area (Å²) in [5, 5.41) is 10.8. The van der Waals surface area contributed by atoms with Crippen molar-refractivity contribution in [1.29, 1.82) is 0 Å². The molecule has 4 aliphatic carbocycles. The van der Waals surface area contributed by atoms with Crippen LogP contribution in [0.3, 0.4) is 0 Å². The smallest absolute Gasteiger partial charge is 0.306 e. The van der Waals surface area contributed by atoms with Crippen LogP contribution in [-0.4, -0.2) is 35.7 Å². The first-order valence-corrected chi connectivity index (χ1v) is 9.97. The molecule has 0 spiro atoms. The Morgan fingerprint density at radius 3 is 2.48 bits per heavy atom. The lowest BCUT2D eigenvalue weighted by Gasteiger charge is -2.60. The average Bonchev–Trinajstić information content (AvgIpc) is 2.56. The molecular formula is C22H28O5. The summed E-state index contributed by atoms with van der Waals surface area (Å²) in [5.41, 5.74) is -0.0901. The molecule has 0 heterocycles. The Hall–Kier alpha value is -1.88. The molecule has 146 valence electrons. The first-order valence-electron chi connectivity index (χ1n) is 9.97. The van der Waals surface area contributed by atoms with E-state index in [0.717, 1.165) is 32.1 Å². The van der Waals surface area contributed by atoms with Crippen LogP contribution in [0.25, 0.3) is 0 Å². The molecule has 0 unspecified atom stereocenters. The molecule has 1 aromatic rings. The van der Waals surface area contributed by atoms with Gasteiger partial charge in [0, 0.05) is 0 Å². The molecule has 1 aromatic carbocycles. The zero-order chi connectivity index (χ0) is 19.1. The molecule has 2 atom stereocenters. The molecular weight excluding hydrogens is 344 g/mol. The van der Waals surface area contributed by atoms with Crippen LogP contribution in [0.2, 0.25) is 0 Å². The van der Waals surface area contributed by atoms with Crippen molar-refractivity contribution in [2.45, 2.75) is 57.5 Å². The fraction of sp³-hybridized carbons (Fsp3) is 0.636. The number of benzene rings is 1. The van der Waals surface area contributed by atoms with Crippen LogP contribution in [0.1, 0.15) is 62.2 Å². The number of Topliss-reactive ketones (excluding diaryl/α,β-unsaturated/α-hetero) is 1. The summed E-state index contributed by atoms with van der Waals surface area (Å²) in [7, 11) is 0. The Balaban J connectivity index is 1.27. The van der Waals surface area contributed by atoms with E-state index in [-0.39, 0.29) is 30.4 Å². The summed E-state index contributed by atoms with van der Waals surface area (Å²) in [6.07, 6.45) is 6.25. The number of rotatable bonds is 7. The van der Waals surface area contributed by atoms with E-state index in [9.17, 15) is 14.7 Å². The predicted molar refractivity (Wildman–Crippen MR) is 99.6 cm³/mol. The quantitative estimate of drug-likeness (QED) is 0.450. The van der Waals surface area contributed by atoms with Gasteiger partial charge in [-0.25, -0.2) is 0 Å². The molecule has 4 aliphatic rings. The lowest BCUT2D eigenvalue weighted by molar-refractivity contribution is -0.177. The van der Waals surface area contributed by atoms with Crippen molar-refractivity contribution in [3.8, 4) is 5.75 Å². The summed E-state index contributed by atoms with van der Waals surface area (Å²) in [6, 6.07) is 7.07. The van der Waals surface area contributed by atoms with Crippen LogP contribution in [0, 0.1) is 17.3 Å². The zero-order valence-electron chi connectivity index (χ0n) is 15.9. The highest BCUT2D eigenvalue weighted by molar-refractivity contribution is 5.96. The van der Waals surface area contributed by atoms with Crippen molar-refractivity contribution in [3.63, 3.8) is 0 Å². The predicted octanol–water partition coefficient (Wildman–Crippen LogP) is 3.53. The molecule has 0 aliphatic heterocycles. The number of hydrogen-bond donors (Lipinski definition) is 1. The van der Waals surface area contributed by atoms with Crippen molar-refractivity contribution < 1.29 is 24.2 Å². The third kappa shape index (κ3) is 3.88. The maximum Gasteiger partial charge on any atom is 0.306 e. The molecule has 4 saturated carbocycles. The van der Waals surface area contributed by atoms with Crippen LogP contribution in [0.15, 0.2) is 24.3 Å². The highest BCUT2D eigenvalue weighted by atomic mass is 16.6. The van der Waals surface area contributed by atoms with Crippen LogP contribution < -0.4 is 4.74 Å². The van der Waals surface area contributed by atoms with Crippen LogP contribution in [0.5, 0.6) is 5.75 Å². The molecule has 4 fully saturated rings. The second kappa shape index (κ2) is 6.93. The molecule has 4 bridgehead atoms. The summed E-state index contributed by atoms with van der Waals surface area (Å²) in [5.74, 6) is 1.39. The Kier molecular flexibility index (Phi) is 4.75. The van der Waals surface area contributed by atoms with Crippen LogP contribution in [-0.2, 0) is 9.53 Å². The van der Waals surface area contributed by atoms with E-state index in [0.29, 0.717) is 29.6 Å². The maximum absolute atomic E-state index is 12.4. The van der Waals surface area contributed by atoms with Gasteiger partial charge in [-0.1, -0.05) is 12.1 Å². The molecule has 0 radical (unpaired) electrons. The first-order chi connectivity index (χ1) is 12.9. The molecule has 0 saturated heterocycles. The monoisotopic (exact) mass is 372 g/mol. The number of ketones is 1. The Morgan fingerprint density at radius 1 is 1.11 bits per heavy atom. The van der Waals surface area contributed by atoms with E-state index in [2.05, 4.69) is 0 Å². The summed E-state index contributed by atoms with van der Waals surface area (Å²) in [4.78, 5) is 24.0. The molecule has 0 amide bonds. The highest BCUT2D eigenvalue weighted by Gasteiger charge is 2.57. The molecule has 0 aromatic heterocycles. The van der Waals surface area contributed by atoms with Crippen LogP contribution >= 0.6 is 0 Å². The number of carbonyl (C=O) groups excluding carboxylic acids is 2. The minimum atomic E-state index is -0.552. The second-order valence-electron chi connectivity index (χ2n) is 8.98.